The van der Waals surface area contributed by atoms with Crippen molar-refractivity contribution >= 4 is 23.4 Å². The molecule has 0 bridgehead atoms. The molecule has 1 N–H and O–H groups in total. The Morgan fingerprint density at radius 1 is 1.15 bits per heavy atom. The highest BCUT2D eigenvalue weighted by Gasteiger charge is 2.12. The van der Waals surface area contributed by atoms with E-state index in [1.807, 2.05) is 12.1 Å². The largest absolute Gasteiger partial charge is 0.353 e. The maximum Gasteiger partial charge on any atom is 0.0658 e. The van der Waals surface area contributed by atoms with Gasteiger partial charge in [0, 0.05) is 5.69 Å². The molecule has 1 nitrogen and oxygen atoms in total. The minimum absolute atomic E-state index is 0.218. The number of anilines is 1. The second-order valence-corrected chi connectivity index (χ2v) is 4.33. The van der Waals surface area contributed by atoms with Gasteiger partial charge in [0.1, 0.15) is 0 Å². The third-order valence-electron chi connectivity index (χ3n) is 1.98. The van der Waals surface area contributed by atoms with E-state index in [0.29, 0.717) is 0 Å². The first-order valence-electron chi connectivity index (χ1n) is 4.35. The highest BCUT2D eigenvalue weighted by Crippen LogP contribution is 2.23. The smallest absolute Gasteiger partial charge is 0.0658 e. The van der Waals surface area contributed by atoms with Crippen molar-refractivity contribution in [1.29, 1.82) is 0 Å². The van der Waals surface area contributed by atoms with E-state index in [-0.39, 0.29) is 5.41 Å². The fourth-order valence-electron chi connectivity index (χ4n) is 1.13. The van der Waals surface area contributed by atoms with E-state index in [2.05, 4.69) is 38.2 Å². The van der Waals surface area contributed by atoms with Crippen molar-refractivity contribution in [3.05, 3.63) is 29.8 Å². The van der Waals surface area contributed by atoms with Crippen LogP contribution < -0.4 is 5.32 Å². The van der Waals surface area contributed by atoms with E-state index in [1.165, 1.54) is 11.1 Å². The van der Waals surface area contributed by atoms with Crippen LogP contribution in [0.5, 0.6) is 0 Å². The molecule has 0 heterocycles. The van der Waals surface area contributed by atoms with Gasteiger partial charge in [-0.1, -0.05) is 45.1 Å². The number of benzene rings is 1. The quantitative estimate of drug-likeness (QED) is 0.723. The van der Waals surface area contributed by atoms with E-state index in [0.717, 1.165) is 5.69 Å². The summed E-state index contributed by atoms with van der Waals surface area (Å²) in [5.74, 6) is 0. The van der Waals surface area contributed by atoms with Crippen LogP contribution in [0.1, 0.15) is 26.3 Å². The van der Waals surface area contributed by atoms with Gasteiger partial charge < -0.3 is 5.32 Å². The summed E-state index contributed by atoms with van der Waals surface area (Å²) in [4.78, 5) is 0. The van der Waals surface area contributed by atoms with Crippen molar-refractivity contribution in [2.75, 3.05) is 5.32 Å². The van der Waals surface area contributed by atoms with Crippen LogP contribution in [-0.4, -0.2) is 5.49 Å². The van der Waals surface area contributed by atoms with Crippen molar-refractivity contribution < 1.29 is 0 Å². The Morgan fingerprint density at radius 3 is 2.08 bits per heavy atom. The van der Waals surface area contributed by atoms with Gasteiger partial charge in [-0.15, -0.1) is 0 Å². The Kier molecular flexibility index (Phi) is 3.04. The first kappa shape index (κ1) is 10.2. The van der Waals surface area contributed by atoms with Crippen LogP contribution in [0.15, 0.2) is 24.3 Å². The van der Waals surface area contributed by atoms with Crippen LogP contribution in [0.4, 0.5) is 5.69 Å². The zero-order chi connectivity index (χ0) is 9.90. The molecule has 13 heavy (non-hydrogen) atoms. The average Bonchev–Trinajstić information content (AvgIpc) is 2.04. The van der Waals surface area contributed by atoms with Crippen molar-refractivity contribution in [2.24, 2.45) is 0 Å². The summed E-state index contributed by atoms with van der Waals surface area (Å²) in [7, 11) is 0. The molecule has 0 amide bonds. The molecule has 1 aromatic rings. The van der Waals surface area contributed by atoms with Gasteiger partial charge in [0.05, 0.1) is 5.49 Å². The molecule has 0 atom stereocenters. The zero-order valence-corrected chi connectivity index (χ0v) is 9.11. The Balaban J connectivity index is 2.87. The molecule has 1 rings (SSSR count). The summed E-state index contributed by atoms with van der Waals surface area (Å²) in [6.45, 7) is 6.61. The number of nitrogens with one attached hydrogen (secondary N) is 1. The first-order valence-corrected chi connectivity index (χ1v) is 4.82. The molecule has 70 valence electrons. The second kappa shape index (κ2) is 3.88. The van der Waals surface area contributed by atoms with Gasteiger partial charge in [0.2, 0.25) is 0 Å². The standard InChI is InChI=1S/C11H15NS/c1-11(2,3)9-4-6-10(7-5-9)12-8-13/h4-8H,1-3H3,(H,12,13). The predicted molar refractivity (Wildman–Crippen MR) is 62.4 cm³/mol. The summed E-state index contributed by atoms with van der Waals surface area (Å²) in [6, 6.07) is 8.34. The molecular formula is C11H15NS. The molecule has 0 spiro atoms. The van der Waals surface area contributed by atoms with Crippen molar-refractivity contribution in [1.82, 2.24) is 0 Å². The Hall–Kier alpha value is -0.890. The van der Waals surface area contributed by atoms with Crippen LogP contribution >= 0.6 is 12.2 Å². The lowest BCUT2D eigenvalue weighted by molar-refractivity contribution is 0.590. The molecule has 2 heteroatoms. The topological polar surface area (TPSA) is 12.0 Å². The van der Waals surface area contributed by atoms with Crippen molar-refractivity contribution in [3.8, 4) is 0 Å². The minimum atomic E-state index is 0.218. The minimum Gasteiger partial charge on any atom is -0.353 e. The van der Waals surface area contributed by atoms with E-state index in [4.69, 9.17) is 12.2 Å². The van der Waals surface area contributed by atoms with Crippen molar-refractivity contribution in [3.63, 3.8) is 0 Å². The summed E-state index contributed by atoms with van der Waals surface area (Å²) < 4.78 is 0. The van der Waals surface area contributed by atoms with E-state index >= 15 is 0 Å². The Bertz CT molecular complexity index is 282. The molecule has 0 saturated heterocycles. The lowest BCUT2D eigenvalue weighted by Gasteiger charge is -2.18. The summed E-state index contributed by atoms with van der Waals surface area (Å²) in [6.07, 6.45) is 0. The summed E-state index contributed by atoms with van der Waals surface area (Å²) >= 11 is 4.70. The monoisotopic (exact) mass is 193 g/mol. The lowest BCUT2D eigenvalue weighted by Crippen LogP contribution is -2.10. The molecular weight excluding hydrogens is 178 g/mol. The van der Waals surface area contributed by atoms with Crippen LogP contribution in [0, 0.1) is 0 Å². The Morgan fingerprint density at radius 2 is 1.69 bits per heavy atom. The maximum atomic E-state index is 4.70. The highest BCUT2D eigenvalue weighted by atomic mass is 32.1. The van der Waals surface area contributed by atoms with Crippen LogP contribution in [0.3, 0.4) is 0 Å². The molecule has 0 radical (unpaired) electrons. The number of hydrogen-bond acceptors (Lipinski definition) is 1. The van der Waals surface area contributed by atoms with Crippen LogP contribution in [0.25, 0.3) is 0 Å². The van der Waals surface area contributed by atoms with Gasteiger partial charge in [-0.05, 0) is 23.1 Å². The molecule has 0 aliphatic rings. The van der Waals surface area contributed by atoms with Gasteiger partial charge in [-0.25, -0.2) is 0 Å². The molecule has 0 aromatic heterocycles. The molecule has 0 unspecified atom stereocenters. The Labute approximate surface area is 85.2 Å². The fraction of sp³-hybridized carbons (Fsp3) is 0.364. The zero-order valence-electron chi connectivity index (χ0n) is 8.29. The summed E-state index contributed by atoms with van der Waals surface area (Å²) in [5, 5.41) is 2.98. The van der Waals surface area contributed by atoms with Gasteiger partial charge >= 0.3 is 0 Å². The third kappa shape index (κ3) is 2.81. The molecule has 0 saturated carbocycles. The van der Waals surface area contributed by atoms with Gasteiger partial charge in [-0.3, -0.25) is 0 Å². The predicted octanol–water partition coefficient (Wildman–Crippen LogP) is 3.35. The normalized spacial score (nSPS) is 11.0. The molecule has 1 aromatic carbocycles. The number of rotatable bonds is 2. The first-order chi connectivity index (χ1) is 6.04. The highest BCUT2D eigenvalue weighted by molar-refractivity contribution is 7.79. The van der Waals surface area contributed by atoms with Gasteiger partial charge in [-0.2, -0.15) is 0 Å². The third-order valence-corrected chi connectivity index (χ3v) is 2.09. The molecule has 0 aliphatic carbocycles. The fourth-order valence-corrected chi connectivity index (χ4v) is 1.27. The average molecular weight is 193 g/mol. The number of thiocarbonyl (C=S) groups is 1. The van der Waals surface area contributed by atoms with E-state index < -0.39 is 0 Å². The van der Waals surface area contributed by atoms with E-state index in [1.54, 1.807) is 0 Å². The van der Waals surface area contributed by atoms with Crippen LogP contribution in [-0.2, 0) is 5.41 Å². The molecule has 0 fully saturated rings. The second-order valence-electron chi connectivity index (χ2n) is 4.09. The van der Waals surface area contributed by atoms with Gasteiger partial charge in [0.25, 0.3) is 0 Å². The van der Waals surface area contributed by atoms with Gasteiger partial charge in [0.15, 0.2) is 0 Å². The maximum absolute atomic E-state index is 4.70. The lowest BCUT2D eigenvalue weighted by atomic mass is 9.87. The van der Waals surface area contributed by atoms with E-state index in [9.17, 15) is 0 Å². The molecule has 0 aliphatic heterocycles. The summed E-state index contributed by atoms with van der Waals surface area (Å²) in [5.41, 5.74) is 4.12. The van der Waals surface area contributed by atoms with Crippen molar-refractivity contribution in [2.45, 2.75) is 26.2 Å². The SMILES string of the molecule is CC(C)(C)c1ccc(NC=S)cc1. The number of hydrogen-bond donors (Lipinski definition) is 1. The van der Waals surface area contributed by atoms with Crippen LogP contribution in [0.2, 0.25) is 0 Å².